The summed E-state index contributed by atoms with van der Waals surface area (Å²) in [6, 6.07) is -0.339. The predicted molar refractivity (Wildman–Crippen MR) is 78.5 cm³/mol. The van der Waals surface area contributed by atoms with Gasteiger partial charge in [-0.15, -0.1) is 0 Å². The average molecular weight is 355 g/mol. The number of fused-ring (bicyclic) bond motifs is 1. The van der Waals surface area contributed by atoms with E-state index in [1.807, 2.05) is 0 Å². The molecule has 1 fully saturated rings. The number of aryl methyl sites for hydroxylation is 1. The molecule has 9 heteroatoms. The highest BCUT2D eigenvalue weighted by atomic mass is 19.4. The van der Waals surface area contributed by atoms with Crippen LogP contribution in [-0.4, -0.2) is 39.7 Å². The van der Waals surface area contributed by atoms with Crippen molar-refractivity contribution in [2.24, 2.45) is 0 Å². The van der Waals surface area contributed by atoms with Crippen LogP contribution < -0.4 is 0 Å². The lowest BCUT2D eigenvalue weighted by molar-refractivity contribution is -0.162. The summed E-state index contributed by atoms with van der Waals surface area (Å²) in [7, 11) is 0. The van der Waals surface area contributed by atoms with Crippen LogP contribution in [0.4, 0.5) is 13.2 Å². The summed E-state index contributed by atoms with van der Waals surface area (Å²) in [6.45, 7) is -1.24. The summed E-state index contributed by atoms with van der Waals surface area (Å²) < 4.78 is 48.6. The highest BCUT2D eigenvalue weighted by molar-refractivity contribution is 5.78. The van der Waals surface area contributed by atoms with Gasteiger partial charge in [0.1, 0.15) is 6.54 Å². The molecule has 2 aliphatic rings. The molecule has 0 atom stereocenters. The first-order valence-electron chi connectivity index (χ1n) is 8.19. The summed E-state index contributed by atoms with van der Waals surface area (Å²) in [6.07, 6.45) is 0.932. The van der Waals surface area contributed by atoms with E-state index in [1.54, 1.807) is 6.26 Å². The van der Waals surface area contributed by atoms with Crippen molar-refractivity contribution in [3.8, 4) is 11.7 Å². The molecule has 6 nitrogen and oxygen atoms in total. The zero-order valence-corrected chi connectivity index (χ0v) is 13.3. The van der Waals surface area contributed by atoms with Crippen LogP contribution in [0.25, 0.3) is 11.7 Å². The first kappa shape index (κ1) is 16.2. The topological polar surface area (TPSA) is 72.4 Å². The Labute approximate surface area is 141 Å². The van der Waals surface area contributed by atoms with Crippen LogP contribution in [0.1, 0.15) is 36.2 Å². The van der Waals surface area contributed by atoms with Crippen molar-refractivity contribution in [2.45, 2.75) is 50.7 Å². The van der Waals surface area contributed by atoms with Crippen LogP contribution in [-0.2, 0) is 24.1 Å². The lowest BCUT2D eigenvalue weighted by Crippen LogP contribution is -2.41. The number of hydrogen-bond donors (Lipinski definition) is 0. The monoisotopic (exact) mass is 355 g/mol. The molecule has 2 aliphatic carbocycles. The first-order chi connectivity index (χ1) is 11.9. The second-order valence-corrected chi connectivity index (χ2v) is 6.48. The molecule has 0 spiro atoms. The number of amides is 1. The van der Waals surface area contributed by atoms with Gasteiger partial charge < -0.3 is 13.8 Å². The summed E-state index contributed by atoms with van der Waals surface area (Å²) >= 11 is 0. The minimum Gasteiger partial charge on any atom is -0.459 e. The van der Waals surface area contributed by atoms with E-state index >= 15 is 0 Å². The van der Waals surface area contributed by atoms with Gasteiger partial charge in [0.2, 0.25) is 5.91 Å². The molecular weight excluding hydrogens is 339 g/mol. The Kier molecular flexibility index (Phi) is 3.81. The number of halogens is 3. The van der Waals surface area contributed by atoms with Gasteiger partial charge in [-0.2, -0.15) is 18.2 Å². The molecule has 2 heterocycles. The summed E-state index contributed by atoms with van der Waals surface area (Å²) in [5.41, 5.74) is 2.13. The molecule has 2 aromatic rings. The van der Waals surface area contributed by atoms with Crippen LogP contribution in [0.5, 0.6) is 0 Å². The van der Waals surface area contributed by atoms with Gasteiger partial charge in [0.05, 0.1) is 12.7 Å². The van der Waals surface area contributed by atoms with Gasteiger partial charge in [0.25, 0.3) is 5.89 Å². The fraction of sp³-hybridized carbons (Fsp3) is 0.562. The molecule has 0 unspecified atom stereocenters. The Bertz CT molecular complexity index is 792. The molecule has 0 bridgehead atoms. The number of furan rings is 1. The number of aromatic nitrogens is 2. The number of nitrogens with zero attached hydrogens (tertiary/aromatic N) is 3. The lowest BCUT2D eigenvalue weighted by Gasteiger charge is -2.23. The minimum absolute atomic E-state index is 0.0657. The molecule has 0 saturated heterocycles. The van der Waals surface area contributed by atoms with Crippen LogP contribution >= 0.6 is 0 Å². The fourth-order valence-electron chi connectivity index (χ4n) is 3.19. The zero-order chi connectivity index (χ0) is 17.6. The minimum atomic E-state index is -4.42. The second-order valence-electron chi connectivity index (χ2n) is 6.48. The van der Waals surface area contributed by atoms with Crippen molar-refractivity contribution in [3.63, 3.8) is 0 Å². The molecule has 0 aliphatic heterocycles. The van der Waals surface area contributed by atoms with Crippen LogP contribution in [0.3, 0.4) is 0 Å². The van der Waals surface area contributed by atoms with E-state index in [0.29, 0.717) is 18.6 Å². The van der Waals surface area contributed by atoms with Gasteiger partial charge in [0.15, 0.2) is 11.6 Å². The largest absolute Gasteiger partial charge is 0.459 e. The van der Waals surface area contributed by atoms with Crippen molar-refractivity contribution >= 4 is 5.91 Å². The number of carbonyl (C=O) groups excluding carboxylic acids is 1. The standard InChI is InChI=1S/C16H16F3N3O3/c17-16(18,19)8-22(10-4-5-10)13(23)6-12-20-15(25-21-12)14-11-3-1-2-9(11)7-24-14/h7,10H,1-6,8H2. The Hall–Kier alpha value is -2.32. The highest BCUT2D eigenvalue weighted by Crippen LogP contribution is 2.34. The van der Waals surface area contributed by atoms with Crippen molar-refractivity contribution in [3.05, 3.63) is 23.2 Å². The van der Waals surface area contributed by atoms with E-state index < -0.39 is 18.6 Å². The average Bonchev–Trinajstić information content (AvgIpc) is 2.93. The molecule has 0 aromatic carbocycles. The molecular formula is C16H16F3N3O3. The molecule has 0 radical (unpaired) electrons. The number of carbonyl (C=O) groups is 1. The maximum atomic E-state index is 12.7. The van der Waals surface area contributed by atoms with E-state index in [0.717, 1.165) is 35.3 Å². The lowest BCUT2D eigenvalue weighted by atomic mass is 10.2. The predicted octanol–water partition coefficient (Wildman–Crippen LogP) is 2.91. The molecule has 25 heavy (non-hydrogen) atoms. The van der Waals surface area contributed by atoms with Gasteiger partial charge in [0, 0.05) is 11.6 Å². The zero-order valence-electron chi connectivity index (χ0n) is 13.3. The number of rotatable bonds is 5. The van der Waals surface area contributed by atoms with E-state index in [1.165, 1.54) is 0 Å². The molecule has 134 valence electrons. The maximum absolute atomic E-state index is 12.7. The Morgan fingerprint density at radius 3 is 2.84 bits per heavy atom. The first-order valence-corrected chi connectivity index (χ1v) is 8.19. The van der Waals surface area contributed by atoms with Crippen molar-refractivity contribution in [1.29, 1.82) is 0 Å². The highest BCUT2D eigenvalue weighted by Gasteiger charge is 2.40. The van der Waals surface area contributed by atoms with Crippen LogP contribution in [0.15, 0.2) is 15.2 Å². The van der Waals surface area contributed by atoms with E-state index in [2.05, 4.69) is 10.1 Å². The van der Waals surface area contributed by atoms with Crippen LogP contribution in [0, 0.1) is 0 Å². The quantitative estimate of drug-likeness (QED) is 0.825. The van der Waals surface area contributed by atoms with E-state index in [-0.39, 0.29) is 24.2 Å². The molecule has 0 N–H and O–H groups in total. The SMILES string of the molecule is O=C(Cc1noc(-c2occ3c2CCC3)n1)N(CC(F)(F)F)C1CC1. The van der Waals surface area contributed by atoms with Gasteiger partial charge in [-0.25, -0.2) is 0 Å². The summed E-state index contributed by atoms with van der Waals surface area (Å²) in [5.74, 6) is 0.0839. The summed E-state index contributed by atoms with van der Waals surface area (Å²) in [5, 5.41) is 3.72. The van der Waals surface area contributed by atoms with Crippen LogP contribution in [0.2, 0.25) is 0 Å². The van der Waals surface area contributed by atoms with Gasteiger partial charge in [-0.05, 0) is 37.7 Å². The molecule has 4 rings (SSSR count). The third kappa shape index (κ3) is 3.40. The summed E-state index contributed by atoms with van der Waals surface area (Å²) in [4.78, 5) is 17.2. The Morgan fingerprint density at radius 1 is 1.32 bits per heavy atom. The smallest absolute Gasteiger partial charge is 0.406 e. The molecule has 2 aromatic heterocycles. The van der Waals surface area contributed by atoms with Crippen molar-refractivity contribution < 1.29 is 26.9 Å². The van der Waals surface area contributed by atoms with Gasteiger partial charge in [-0.1, -0.05) is 5.16 Å². The Morgan fingerprint density at radius 2 is 2.12 bits per heavy atom. The molecule has 1 amide bonds. The number of alkyl halides is 3. The third-order valence-corrected chi connectivity index (χ3v) is 4.48. The Balaban J connectivity index is 1.47. The second kappa shape index (κ2) is 5.89. The molecule has 1 saturated carbocycles. The maximum Gasteiger partial charge on any atom is 0.406 e. The van der Waals surface area contributed by atoms with Gasteiger partial charge in [-0.3, -0.25) is 4.79 Å². The van der Waals surface area contributed by atoms with E-state index in [9.17, 15) is 18.0 Å². The van der Waals surface area contributed by atoms with E-state index in [4.69, 9.17) is 8.94 Å². The van der Waals surface area contributed by atoms with Crippen molar-refractivity contribution in [1.82, 2.24) is 15.0 Å². The number of hydrogen-bond acceptors (Lipinski definition) is 5. The normalized spacial score (nSPS) is 16.9. The van der Waals surface area contributed by atoms with Gasteiger partial charge >= 0.3 is 6.18 Å². The van der Waals surface area contributed by atoms with Crippen molar-refractivity contribution in [2.75, 3.05) is 6.54 Å². The third-order valence-electron chi connectivity index (χ3n) is 4.48. The fourth-order valence-corrected chi connectivity index (χ4v) is 3.19.